The fraction of sp³-hybridized carbons (Fsp3) is 0.500. The molecule has 0 aromatic heterocycles. The molecule has 3 N–H and O–H groups in total. The van der Waals surface area contributed by atoms with Gasteiger partial charge in [-0.15, -0.1) is 0 Å². The topological polar surface area (TPSA) is 61.4 Å². The third-order valence-electron chi connectivity index (χ3n) is 2.82. The van der Waals surface area contributed by atoms with Gasteiger partial charge >= 0.3 is 6.03 Å². The maximum absolute atomic E-state index is 11.5. The molecule has 0 aliphatic carbocycles. The maximum Gasteiger partial charge on any atom is 0.315 e. The minimum absolute atomic E-state index is 0.254. The van der Waals surface area contributed by atoms with Crippen molar-refractivity contribution in [1.82, 2.24) is 10.6 Å². The van der Waals surface area contributed by atoms with Gasteiger partial charge < -0.3 is 15.7 Å². The monoisotopic (exact) mass is 250 g/mol. The van der Waals surface area contributed by atoms with E-state index in [-0.39, 0.29) is 12.6 Å². The number of hydrogen-bond acceptors (Lipinski definition) is 2. The van der Waals surface area contributed by atoms with Gasteiger partial charge in [-0.25, -0.2) is 4.79 Å². The van der Waals surface area contributed by atoms with Crippen molar-refractivity contribution in [3.05, 3.63) is 34.4 Å². The van der Waals surface area contributed by atoms with Crippen molar-refractivity contribution in [3.63, 3.8) is 0 Å². The predicted octanol–water partition coefficient (Wildman–Crippen LogP) is 1.79. The second kappa shape index (κ2) is 6.40. The molecule has 4 nitrogen and oxygen atoms in total. The van der Waals surface area contributed by atoms with Gasteiger partial charge in [0.25, 0.3) is 0 Å². The predicted molar refractivity (Wildman–Crippen MR) is 72.6 cm³/mol. The van der Waals surface area contributed by atoms with Gasteiger partial charge in [-0.2, -0.15) is 0 Å². The van der Waals surface area contributed by atoms with Crippen molar-refractivity contribution in [2.75, 3.05) is 6.54 Å². The summed E-state index contributed by atoms with van der Waals surface area (Å²) < 4.78 is 0. The molecule has 1 atom stereocenters. The van der Waals surface area contributed by atoms with E-state index in [0.717, 1.165) is 5.56 Å². The number of aryl methyl sites for hydroxylation is 3. The molecule has 1 rings (SSSR count). The number of aliphatic hydroxyl groups excluding tert-OH is 1. The lowest BCUT2D eigenvalue weighted by atomic mass is 10.00. The quantitative estimate of drug-likeness (QED) is 0.763. The van der Waals surface area contributed by atoms with Crippen LogP contribution in [0.2, 0.25) is 0 Å². The minimum atomic E-state index is -0.529. The summed E-state index contributed by atoms with van der Waals surface area (Å²) >= 11 is 0. The number of amides is 2. The first-order valence-electron chi connectivity index (χ1n) is 6.16. The van der Waals surface area contributed by atoms with E-state index in [0.29, 0.717) is 6.54 Å². The van der Waals surface area contributed by atoms with Crippen LogP contribution in [0.5, 0.6) is 0 Å². The first-order valence-corrected chi connectivity index (χ1v) is 6.16. The Bertz CT molecular complexity index is 405. The molecule has 0 spiro atoms. The molecule has 0 aliphatic heterocycles. The molecular weight excluding hydrogens is 228 g/mol. The van der Waals surface area contributed by atoms with Crippen LogP contribution >= 0.6 is 0 Å². The molecule has 0 saturated carbocycles. The first kappa shape index (κ1) is 14.5. The van der Waals surface area contributed by atoms with Crippen molar-refractivity contribution in [2.45, 2.75) is 40.3 Å². The van der Waals surface area contributed by atoms with Crippen LogP contribution < -0.4 is 10.6 Å². The number of aliphatic hydroxyl groups is 1. The Balaban J connectivity index is 2.56. The molecule has 0 saturated heterocycles. The Kier molecular flexibility index (Phi) is 5.16. The summed E-state index contributed by atoms with van der Waals surface area (Å²) in [5.74, 6) is 0. The molecule has 0 fully saturated rings. The molecule has 18 heavy (non-hydrogen) atoms. The lowest BCUT2D eigenvalue weighted by Gasteiger charge is -2.13. The highest BCUT2D eigenvalue weighted by atomic mass is 16.3. The summed E-state index contributed by atoms with van der Waals surface area (Å²) in [5.41, 5.74) is 4.74. The summed E-state index contributed by atoms with van der Waals surface area (Å²) in [4.78, 5) is 11.5. The van der Waals surface area contributed by atoms with Crippen molar-refractivity contribution in [2.24, 2.45) is 0 Å². The second-order valence-corrected chi connectivity index (χ2v) is 4.79. The second-order valence-electron chi connectivity index (χ2n) is 4.79. The van der Waals surface area contributed by atoms with Crippen molar-refractivity contribution < 1.29 is 9.90 Å². The zero-order valence-corrected chi connectivity index (χ0v) is 11.5. The number of benzene rings is 1. The van der Waals surface area contributed by atoms with Gasteiger partial charge in [-0.1, -0.05) is 17.7 Å². The number of carbonyl (C=O) groups excluding carboxylic acids is 1. The average molecular weight is 250 g/mol. The summed E-state index contributed by atoms with van der Waals surface area (Å²) in [7, 11) is 0. The molecule has 0 heterocycles. The first-order chi connectivity index (χ1) is 8.40. The number of hydrogen-bond donors (Lipinski definition) is 3. The van der Waals surface area contributed by atoms with E-state index in [4.69, 9.17) is 5.11 Å². The van der Waals surface area contributed by atoms with E-state index in [1.165, 1.54) is 16.7 Å². The standard InChI is InChI=1S/C14H22N2O2/c1-9-5-10(2)13(11(3)6-9)8-16-14(18)15-7-12(4)17/h5-6,12,17H,7-8H2,1-4H3,(H2,15,16,18)/t12-/m0/s1. The van der Waals surface area contributed by atoms with E-state index in [9.17, 15) is 4.79 Å². The Morgan fingerprint density at radius 1 is 1.22 bits per heavy atom. The van der Waals surface area contributed by atoms with Crippen molar-refractivity contribution in [3.8, 4) is 0 Å². The fourth-order valence-electron chi connectivity index (χ4n) is 1.96. The maximum atomic E-state index is 11.5. The molecule has 1 aromatic carbocycles. The van der Waals surface area contributed by atoms with Gasteiger partial charge in [0.2, 0.25) is 0 Å². The zero-order valence-electron chi connectivity index (χ0n) is 11.5. The molecule has 100 valence electrons. The number of urea groups is 1. The Morgan fingerprint density at radius 3 is 2.28 bits per heavy atom. The third kappa shape index (κ3) is 4.37. The van der Waals surface area contributed by atoms with Crippen LogP contribution in [-0.4, -0.2) is 23.8 Å². The summed E-state index contributed by atoms with van der Waals surface area (Å²) in [6.45, 7) is 8.55. The average Bonchev–Trinajstić information content (AvgIpc) is 2.24. The lowest BCUT2D eigenvalue weighted by Crippen LogP contribution is -2.38. The van der Waals surface area contributed by atoms with Gasteiger partial charge in [0, 0.05) is 13.1 Å². The van der Waals surface area contributed by atoms with E-state index in [1.807, 2.05) is 13.8 Å². The molecule has 2 amide bonds. The number of carbonyl (C=O) groups is 1. The third-order valence-corrected chi connectivity index (χ3v) is 2.82. The van der Waals surface area contributed by atoms with E-state index < -0.39 is 6.10 Å². The Morgan fingerprint density at radius 2 is 1.78 bits per heavy atom. The number of nitrogens with one attached hydrogen (secondary N) is 2. The highest BCUT2D eigenvalue weighted by molar-refractivity contribution is 5.73. The molecule has 0 bridgehead atoms. The highest BCUT2D eigenvalue weighted by Gasteiger charge is 2.06. The largest absolute Gasteiger partial charge is 0.392 e. The molecule has 0 unspecified atom stereocenters. The summed E-state index contributed by atoms with van der Waals surface area (Å²) in [5, 5.41) is 14.5. The molecule has 1 aromatic rings. The van der Waals surface area contributed by atoms with Gasteiger partial charge in [-0.05, 0) is 44.4 Å². The van der Waals surface area contributed by atoms with E-state index in [2.05, 4.69) is 29.7 Å². The van der Waals surface area contributed by atoms with Crippen LogP contribution in [0.4, 0.5) is 4.79 Å². The molecule has 0 aliphatic rings. The van der Waals surface area contributed by atoms with Crippen LogP contribution in [0.1, 0.15) is 29.2 Å². The molecule has 4 heteroatoms. The normalized spacial score (nSPS) is 12.1. The summed E-state index contributed by atoms with van der Waals surface area (Å²) in [6, 6.07) is 3.96. The van der Waals surface area contributed by atoms with Gasteiger partial charge in [0.15, 0.2) is 0 Å². The Labute approximate surface area is 108 Å². The zero-order chi connectivity index (χ0) is 13.7. The van der Waals surface area contributed by atoms with Gasteiger partial charge in [-0.3, -0.25) is 0 Å². The molecular formula is C14H22N2O2. The SMILES string of the molecule is Cc1cc(C)c(CNC(=O)NC[C@H](C)O)c(C)c1. The van der Waals surface area contributed by atoms with Crippen LogP contribution in [-0.2, 0) is 6.54 Å². The number of rotatable bonds is 4. The highest BCUT2D eigenvalue weighted by Crippen LogP contribution is 2.15. The van der Waals surface area contributed by atoms with Crippen LogP contribution in [0.3, 0.4) is 0 Å². The van der Waals surface area contributed by atoms with Gasteiger partial charge in [0.05, 0.1) is 6.10 Å². The van der Waals surface area contributed by atoms with Gasteiger partial charge in [0.1, 0.15) is 0 Å². The van der Waals surface area contributed by atoms with Crippen LogP contribution in [0.15, 0.2) is 12.1 Å². The Hall–Kier alpha value is -1.55. The van der Waals surface area contributed by atoms with Crippen molar-refractivity contribution in [1.29, 1.82) is 0 Å². The van der Waals surface area contributed by atoms with E-state index in [1.54, 1.807) is 6.92 Å². The smallest absolute Gasteiger partial charge is 0.315 e. The lowest BCUT2D eigenvalue weighted by molar-refractivity contribution is 0.187. The molecule has 0 radical (unpaired) electrons. The van der Waals surface area contributed by atoms with Crippen LogP contribution in [0, 0.1) is 20.8 Å². The summed E-state index contributed by atoms with van der Waals surface area (Å²) in [6.07, 6.45) is -0.529. The van der Waals surface area contributed by atoms with E-state index >= 15 is 0 Å². The minimum Gasteiger partial charge on any atom is -0.392 e. The van der Waals surface area contributed by atoms with Crippen molar-refractivity contribution >= 4 is 6.03 Å². The van der Waals surface area contributed by atoms with Crippen LogP contribution in [0.25, 0.3) is 0 Å². The fourth-order valence-corrected chi connectivity index (χ4v) is 1.96.